The van der Waals surface area contributed by atoms with Crippen LogP contribution in [0.15, 0.2) is 48.7 Å². The molecular weight excluding hydrogens is 381 g/mol. The van der Waals surface area contributed by atoms with Crippen LogP contribution in [0.3, 0.4) is 0 Å². The van der Waals surface area contributed by atoms with E-state index in [1.165, 1.54) is 23.9 Å². The second-order valence-electron chi connectivity index (χ2n) is 6.27. The highest BCUT2D eigenvalue weighted by molar-refractivity contribution is 8.00. The molecule has 1 atom stereocenters. The molecule has 0 spiro atoms. The second-order valence-corrected chi connectivity index (χ2v) is 7.36. The van der Waals surface area contributed by atoms with Crippen molar-refractivity contribution in [3.63, 3.8) is 0 Å². The molecule has 1 aliphatic rings. The monoisotopic (exact) mass is 399 g/mol. The van der Waals surface area contributed by atoms with Gasteiger partial charge in [-0.1, -0.05) is 18.2 Å². The van der Waals surface area contributed by atoms with Gasteiger partial charge in [0.1, 0.15) is 18.2 Å². The molecule has 1 amide bonds. The molecule has 0 saturated heterocycles. The van der Waals surface area contributed by atoms with E-state index in [1.807, 2.05) is 18.2 Å². The fraction of sp³-hybridized carbons (Fsp3) is 0.200. The van der Waals surface area contributed by atoms with Gasteiger partial charge in [0.05, 0.1) is 24.3 Å². The smallest absolute Gasteiger partial charge is 0.235 e. The highest BCUT2D eigenvalue weighted by atomic mass is 32.2. The number of halogens is 1. The van der Waals surface area contributed by atoms with Gasteiger partial charge in [0, 0.05) is 5.56 Å². The van der Waals surface area contributed by atoms with Crippen molar-refractivity contribution in [1.82, 2.24) is 10.2 Å². The lowest BCUT2D eigenvalue weighted by Gasteiger charge is -2.17. The molecule has 6 nitrogen and oxygen atoms in total. The molecule has 0 unspecified atom stereocenters. The zero-order valence-corrected chi connectivity index (χ0v) is 15.9. The molecule has 0 saturated carbocycles. The predicted octanol–water partition coefficient (Wildman–Crippen LogP) is 3.91. The lowest BCUT2D eigenvalue weighted by Crippen LogP contribution is -2.12. The number of benzene rings is 2. The Bertz CT molecular complexity index is 991. The lowest BCUT2D eigenvalue weighted by atomic mass is 10.1. The van der Waals surface area contributed by atoms with Crippen LogP contribution in [0.1, 0.15) is 21.9 Å². The molecule has 8 heteroatoms. The molecule has 0 fully saturated rings. The summed E-state index contributed by atoms with van der Waals surface area (Å²) in [4.78, 5) is 11.9. The Morgan fingerprint density at radius 2 is 2.04 bits per heavy atom. The number of amides is 1. The van der Waals surface area contributed by atoms with Crippen molar-refractivity contribution in [2.75, 3.05) is 18.2 Å². The molecular formula is C20H18FN3O3S. The standard InChI is InChI=1S/C20H18FN3O3S/c1-26-16-7-4-13(8-17(16)27-10-12-2-5-14(21)6-3-12)19-15-9-22-24-20(15)23-18(25)11-28-19/h2-9,19H,10-11H2,1H3,(H2,22,23,24,25)/t19-/m0/s1. The number of H-pyrrole nitrogens is 1. The van der Waals surface area contributed by atoms with Crippen molar-refractivity contribution in [1.29, 1.82) is 0 Å². The molecule has 28 heavy (non-hydrogen) atoms. The SMILES string of the molecule is COc1ccc([C@@H]2SCC(=O)Nc3[nH]ncc32)cc1OCc1ccc(F)cc1. The molecule has 0 aliphatic carbocycles. The highest BCUT2D eigenvalue weighted by Gasteiger charge is 2.26. The van der Waals surface area contributed by atoms with E-state index in [2.05, 4.69) is 15.5 Å². The van der Waals surface area contributed by atoms with Crippen LogP contribution in [0.4, 0.5) is 10.2 Å². The number of aromatic nitrogens is 2. The number of aromatic amines is 1. The Balaban J connectivity index is 1.61. The van der Waals surface area contributed by atoms with E-state index in [9.17, 15) is 9.18 Å². The number of carbonyl (C=O) groups is 1. The van der Waals surface area contributed by atoms with Crippen LogP contribution in [0.5, 0.6) is 11.5 Å². The molecule has 0 radical (unpaired) electrons. The van der Waals surface area contributed by atoms with Crippen LogP contribution in [0.2, 0.25) is 0 Å². The van der Waals surface area contributed by atoms with Crippen molar-refractivity contribution >= 4 is 23.5 Å². The number of ether oxygens (including phenoxy) is 2. The van der Waals surface area contributed by atoms with Gasteiger partial charge in [0.15, 0.2) is 11.5 Å². The minimum absolute atomic E-state index is 0.0701. The van der Waals surface area contributed by atoms with Crippen molar-refractivity contribution < 1.29 is 18.7 Å². The number of hydrogen-bond donors (Lipinski definition) is 2. The van der Waals surface area contributed by atoms with E-state index in [0.29, 0.717) is 23.1 Å². The number of anilines is 1. The third-order valence-corrected chi connectivity index (χ3v) is 5.68. The summed E-state index contributed by atoms with van der Waals surface area (Å²) in [7, 11) is 1.58. The molecule has 0 bridgehead atoms. The number of rotatable bonds is 5. The minimum atomic E-state index is -0.284. The highest BCUT2D eigenvalue weighted by Crippen LogP contribution is 2.43. The molecule has 2 aromatic carbocycles. The van der Waals surface area contributed by atoms with Gasteiger partial charge in [-0.2, -0.15) is 5.10 Å². The molecule has 3 aromatic rings. The van der Waals surface area contributed by atoms with E-state index in [1.54, 1.807) is 25.4 Å². The van der Waals surface area contributed by atoms with Crippen molar-refractivity contribution in [3.8, 4) is 11.5 Å². The zero-order chi connectivity index (χ0) is 19.5. The first-order chi connectivity index (χ1) is 13.6. The maximum atomic E-state index is 13.1. The van der Waals surface area contributed by atoms with Crippen LogP contribution < -0.4 is 14.8 Å². The summed E-state index contributed by atoms with van der Waals surface area (Å²) in [6.45, 7) is 0.287. The van der Waals surface area contributed by atoms with E-state index in [-0.39, 0.29) is 23.6 Å². The summed E-state index contributed by atoms with van der Waals surface area (Å²) in [5.41, 5.74) is 2.73. The summed E-state index contributed by atoms with van der Waals surface area (Å²) in [6.07, 6.45) is 1.72. The topological polar surface area (TPSA) is 76.2 Å². The van der Waals surface area contributed by atoms with Gasteiger partial charge in [-0.3, -0.25) is 9.89 Å². The Morgan fingerprint density at radius 1 is 1.21 bits per heavy atom. The van der Waals surface area contributed by atoms with Crippen LogP contribution in [-0.2, 0) is 11.4 Å². The van der Waals surface area contributed by atoms with Gasteiger partial charge in [-0.25, -0.2) is 4.39 Å². The Kier molecular flexibility index (Phi) is 5.21. The van der Waals surface area contributed by atoms with Gasteiger partial charge in [0.25, 0.3) is 0 Å². The van der Waals surface area contributed by atoms with E-state index < -0.39 is 0 Å². The number of methoxy groups -OCH3 is 1. The summed E-state index contributed by atoms with van der Waals surface area (Å²) in [6, 6.07) is 11.9. The van der Waals surface area contributed by atoms with Gasteiger partial charge in [-0.15, -0.1) is 11.8 Å². The van der Waals surface area contributed by atoms with Gasteiger partial charge in [0.2, 0.25) is 5.91 Å². The number of hydrogen-bond acceptors (Lipinski definition) is 5. The lowest BCUT2D eigenvalue weighted by molar-refractivity contribution is -0.113. The largest absolute Gasteiger partial charge is 0.493 e. The Hall–Kier alpha value is -3.00. The number of nitrogens with zero attached hydrogens (tertiary/aromatic N) is 1. The van der Waals surface area contributed by atoms with E-state index in [0.717, 1.165) is 16.7 Å². The van der Waals surface area contributed by atoms with Gasteiger partial charge < -0.3 is 14.8 Å². The number of thioether (sulfide) groups is 1. The first-order valence-corrected chi connectivity index (χ1v) is 9.69. The van der Waals surface area contributed by atoms with Crippen molar-refractivity contribution in [2.45, 2.75) is 11.9 Å². The first kappa shape index (κ1) is 18.4. The molecule has 4 rings (SSSR count). The third kappa shape index (κ3) is 3.82. The fourth-order valence-electron chi connectivity index (χ4n) is 3.01. The van der Waals surface area contributed by atoms with Crippen LogP contribution >= 0.6 is 11.8 Å². The molecule has 2 N–H and O–H groups in total. The normalized spacial score (nSPS) is 16.1. The van der Waals surface area contributed by atoms with Crippen LogP contribution in [0, 0.1) is 5.82 Å². The summed E-state index contributed by atoms with van der Waals surface area (Å²) in [5.74, 6) is 1.78. The molecule has 144 valence electrons. The first-order valence-electron chi connectivity index (χ1n) is 8.64. The average molecular weight is 399 g/mol. The summed E-state index contributed by atoms with van der Waals surface area (Å²) < 4.78 is 24.4. The van der Waals surface area contributed by atoms with Gasteiger partial charge in [-0.05, 0) is 35.4 Å². The quantitative estimate of drug-likeness (QED) is 0.680. The molecule has 1 aliphatic heterocycles. The van der Waals surface area contributed by atoms with Crippen molar-refractivity contribution in [2.24, 2.45) is 0 Å². The third-order valence-electron chi connectivity index (χ3n) is 4.39. The van der Waals surface area contributed by atoms with E-state index >= 15 is 0 Å². The zero-order valence-electron chi connectivity index (χ0n) is 15.1. The van der Waals surface area contributed by atoms with Gasteiger partial charge >= 0.3 is 0 Å². The molecule has 1 aromatic heterocycles. The maximum absolute atomic E-state index is 13.1. The minimum Gasteiger partial charge on any atom is -0.493 e. The average Bonchev–Trinajstić information content (AvgIpc) is 3.09. The van der Waals surface area contributed by atoms with Crippen LogP contribution in [0.25, 0.3) is 0 Å². The Morgan fingerprint density at radius 3 is 2.82 bits per heavy atom. The number of fused-ring (bicyclic) bond motifs is 1. The Labute approximate surface area is 165 Å². The second kappa shape index (κ2) is 7.93. The maximum Gasteiger partial charge on any atom is 0.235 e. The number of nitrogens with one attached hydrogen (secondary N) is 2. The predicted molar refractivity (Wildman–Crippen MR) is 105 cm³/mol. The summed E-state index contributed by atoms with van der Waals surface area (Å²) in [5, 5.41) is 9.64. The number of carbonyl (C=O) groups excluding carboxylic acids is 1. The van der Waals surface area contributed by atoms with Crippen molar-refractivity contribution in [3.05, 3.63) is 71.2 Å². The van der Waals surface area contributed by atoms with Crippen LogP contribution in [-0.4, -0.2) is 29.0 Å². The van der Waals surface area contributed by atoms with E-state index in [4.69, 9.17) is 9.47 Å². The molecule has 2 heterocycles. The fourth-order valence-corrected chi connectivity index (χ4v) is 4.09. The summed E-state index contributed by atoms with van der Waals surface area (Å²) >= 11 is 1.52.